The molecular formula is C32H29N3O7. The van der Waals surface area contributed by atoms with Crippen LogP contribution in [0.15, 0.2) is 80.7 Å². The molecule has 10 nitrogen and oxygen atoms in total. The molecule has 1 saturated heterocycles. The molecule has 10 heteroatoms. The van der Waals surface area contributed by atoms with Gasteiger partial charge in [-0.3, -0.25) is 14.4 Å². The molecule has 1 amide bonds. The number of pyridine rings is 1. The van der Waals surface area contributed by atoms with E-state index in [0.717, 1.165) is 0 Å². The SMILES string of the molecule is CN1CCN(C(=O)C[C@H](c2cc3ccccc3[nH]c2=O)c2c(O)c(O)c(O)c3c(=O)cc(-c4ccccc4)oc23)CC1. The smallest absolute Gasteiger partial charge is 0.252 e. The molecule has 4 N–H and O–H groups in total. The number of nitrogens with one attached hydrogen (secondary N) is 1. The highest BCUT2D eigenvalue weighted by molar-refractivity contribution is 5.94. The predicted octanol–water partition coefficient (Wildman–Crippen LogP) is 3.71. The average Bonchev–Trinajstić information content (AvgIpc) is 2.99. The Labute approximate surface area is 239 Å². The first kappa shape index (κ1) is 27.1. The molecule has 6 rings (SSSR count). The minimum absolute atomic E-state index is 0.130. The second-order valence-corrected chi connectivity index (χ2v) is 10.6. The molecule has 1 aliphatic rings. The van der Waals surface area contributed by atoms with Gasteiger partial charge in [0.2, 0.25) is 11.7 Å². The minimum Gasteiger partial charge on any atom is -0.504 e. The molecule has 3 heterocycles. The van der Waals surface area contributed by atoms with E-state index in [2.05, 4.69) is 9.88 Å². The first-order valence-corrected chi connectivity index (χ1v) is 13.6. The van der Waals surface area contributed by atoms with Gasteiger partial charge in [0.25, 0.3) is 5.56 Å². The Hall–Kier alpha value is -5.09. The predicted molar refractivity (Wildman–Crippen MR) is 158 cm³/mol. The average molecular weight is 568 g/mol. The third-order valence-corrected chi connectivity index (χ3v) is 7.93. The van der Waals surface area contributed by atoms with E-state index < -0.39 is 34.2 Å². The number of para-hydroxylation sites is 1. The first-order chi connectivity index (χ1) is 20.2. The van der Waals surface area contributed by atoms with Crippen molar-refractivity contribution in [3.63, 3.8) is 0 Å². The van der Waals surface area contributed by atoms with Gasteiger partial charge >= 0.3 is 0 Å². The molecule has 0 unspecified atom stereocenters. The third-order valence-electron chi connectivity index (χ3n) is 7.93. The van der Waals surface area contributed by atoms with Gasteiger partial charge in [-0.15, -0.1) is 0 Å². The summed E-state index contributed by atoms with van der Waals surface area (Å²) in [4.78, 5) is 47.2. The van der Waals surface area contributed by atoms with Crippen molar-refractivity contribution >= 4 is 27.8 Å². The summed E-state index contributed by atoms with van der Waals surface area (Å²) in [5.74, 6) is -3.84. The van der Waals surface area contributed by atoms with Crippen molar-refractivity contribution in [3.8, 4) is 28.6 Å². The van der Waals surface area contributed by atoms with Crippen molar-refractivity contribution in [2.24, 2.45) is 0 Å². The summed E-state index contributed by atoms with van der Waals surface area (Å²) in [6, 6.07) is 18.7. The van der Waals surface area contributed by atoms with E-state index in [1.165, 1.54) is 6.07 Å². The number of amides is 1. The Bertz CT molecular complexity index is 1940. The summed E-state index contributed by atoms with van der Waals surface area (Å²) in [5, 5.41) is 33.1. The van der Waals surface area contributed by atoms with Crippen LogP contribution in [0.2, 0.25) is 0 Å². The number of likely N-dealkylation sites (N-methyl/N-ethyl adjacent to an activating group) is 1. The fourth-order valence-corrected chi connectivity index (χ4v) is 5.59. The number of rotatable bonds is 5. The van der Waals surface area contributed by atoms with Gasteiger partial charge in [-0.1, -0.05) is 48.5 Å². The van der Waals surface area contributed by atoms with E-state index in [0.29, 0.717) is 42.6 Å². The molecule has 214 valence electrons. The van der Waals surface area contributed by atoms with Crippen LogP contribution in [0.25, 0.3) is 33.2 Å². The Balaban J connectivity index is 1.62. The fourth-order valence-electron chi connectivity index (χ4n) is 5.59. The van der Waals surface area contributed by atoms with Crippen molar-refractivity contribution in [2.45, 2.75) is 12.3 Å². The van der Waals surface area contributed by atoms with Crippen molar-refractivity contribution < 1.29 is 24.5 Å². The van der Waals surface area contributed by atoms with Crippen LogP contribution in [0, 0.1) is 0 Å². The summed E-state index contributed by atoms with van der Waals surface area (Å²) >= 11 is 0. The summed E-state index contributed by atoms with van der Waals surface area (Å²) in [6.45, 7) is 2.32. The summed E-state index contributed by atoms with van der Waals surface area (Å²) < 4.78 is 6.17. The Morgan fingerprint density at radius 3 is 2.33 bits per heavy atom. The van der Waals surface area contributed by atoms with Crippen LogP contribution in [-0.2, 0) is 4.79 Å². The van der Waals surface area contributed by atoms with Gasteiger partial charge in [-0.2, -0.15) is 0 Å². The molecule has 0 spiro atoms. The zero-order valence-electron chi connectivity index (χ0n) is 22.8. The highest BCUT2D eigenvalue weighted by atomic mass is 16.3. The number of carbonyl (C=O) groups excluding carboxylic acids is 1. The van der Waals surface area contributed by atoms with Gasteiger partial charge in [0, 0.05) is 66.8 Å². The molecule has 1 atom stereocenters. The molecule has 5 aromatic rings. The number of phenolic OH excluding ortho intramolecular Hbond substituents is 3. The van der Waals surface area contributed by atoms with Gasteiger partial charge in [-0.05, 0) is 24.6 Å². The van der Waals surface area contributed by atoms with Crippen molar-refractivity contribution in [3.05, 3.63) is 98.4 Å². The van der Waals surface area contributed by atoms with E-state index in [1.807, 2.05) is 7.05 Å². The van der Waals surface area contributed by atoms with Crippen LogP contribution in [0.4, 0.5) is 0 Å². The number of carbonyl (C=O) groups is 1. The normalized spacial score (nSPS) is 14.8. The standard InChI is InChI=1S/C32H29N3O7/c1-34-11-13-35(14-12-34)25(37)16-20(21-15-19-9-5-6-10-22(19)33-32(21)41)26-28(38)30(40)29(39)27-23(36)17-24(42-31(26)27)18-7-3-2-4-8-18/h2-10,15,17,20,38-40H,11-14,16H2,1H3,(H,33,41)/t20-/m1/s1. The molecule has 42 heavy (non-hydrogen) atoms. The van der Waals surface area contributed by atoms with Gasteiger partial charge in [0.05, 0.1) is 0 Å². The Morgan fingerprint density at radius 2 is 1.60 bits per heavy atom. The lowest BCUT2D eigenvalue weighted by Crippen LogP contribution is -2.47. The number of hydrogen-bond donors (Lipinski definition) is 4. The number of piperazine rings is 1. The molecular weight excluding hydrogens is 538 g/mol. The van der Waals surface area contributed by atoms with Gasteiger partial charge in [0.1, 0.15) is 16.7 Å². The van der Waals surface area contributed by atoms with E-state index in [-0.39, 0.29) is 40.2 Å². The number of phenols is 3. The molecule has 3 aromatic carbocycles. The number of aromatic hydroxyl groups is 3. The van der Waals surface area contributed by atoms with Crippen molar-refractivity contribution in [1.29, 1.82) is 0 Å². The number of aromatic nitrogens is 1. The molecule has 2 aromatic heterocycles. The Morgan fingerprint density at radius 1 is 0.905 bits per heavy atom. The monoisotopic (exact) mass is 567 g/mol. The fraction of sp³-hybridized carbons (Fsp3) is 0.219. The highest BCUT2D eigenvalue weighted by Crippen LogP contribution is 2.49. The zero-order chi connectivity index (χ0) is 29.5. The van der Waals surface area contributed by atoms with Crippen LogP contribution in [0.5, 0.6) is 17.2 Å². The molecule has 0 bridgehead atoms. The third kappa shape index (κ3) is 4.75. The number of nitrogens with zero attached hydrogens (tertiary/aromatic N) is 2. The van der Waals surface area contributed by atoms with E-state index in [4.69, 9.17) is 4.42 Å². The molecule has 0 radical (unpaired) electrons. The lowest BCUT2D eigenvalue weighted by atomic mass is 9.85. The maximum atomic E-state index is 13.7. The number of benzene rings is 3. The van der Waals surface area contributed by atoms with E-state index in [9.17, 15) is 29.7 Å². The van der Waals surface area contributed by atoms with Crippen LogP contribution >= 0.6 is 0 Å². The van der Waals surface area contributed by atoms with Crippen LogP contribution in [0.1, 0.15) is 23.5 Å². The van der Waals surface area contributed by atoms with Crippen LogP contribution < -0.4 is 11.0 Å². The minimum atomic E-state index is -1.14. The lowest BCUT2D eigenvalue weighted by molar-refractivity contribution is -0.133. The lowest BCUT2D eigenvalue weighted by Gasteiger charge is -2.33. The molecule has 0 saturated carbocycles. The van der Waals surface area contributed by atoms with Crippen LogP contribution in [-0.4, -0.2) is 69.2 Å². The molecule has 1 fully saturated rings. The van der Waals surface area contributed by atoms with Crippen molar-refractivity contribution in [2.75, 3.05) is 33.2 Å². The van der Waals surface area contributed by atoms with Gasteiger partial charge < -0.3 is 34.5 Å². The second-order valence-electron chi connectivity index (χ2n) is 10.6. The largest absolute Gasteiger partial charge is 0.504 e. The number of aromatic amines is 1. The van der Waals surface area contributed by atoms with Gasteiger partial charge in [0.15, 0.2) is 16.9 Å². The maximum absolute atomic E-state index is 13.7. The second kappa shape index (κ2) is 10.7. The Kier molecular flexibility index (Phi) is 6.91. The quantitative estimate of drug-likeness (QED) is 0.235. The van der Waals surface area contributed by atoms with E-state index >= 15 is 0 Å². The molecule has 1 aliphatic heterocycles. The maximum Gasteiger partial charge on any atom is 0.252 e. The topological polar surface area (TPSA) is 147 Å². The number of H-pyrrole nitrogens is 1. The van der Waals surface area contributed by atoms with Crippen LogP contribution in [0.3, 0.4) is 0 Å². The number of hydrogen-bond acceptors (Lipinski definition) is 8. The highest BCUT2D eigenvalue weighted by Gasteiger charge is 2.34. The van der Waals surface area contributed by atoms with E-state index in [1.54, 1.807) is 65.6 Å². The summed E-state index contributed by atoms with van der Waals surface area (Å²) in [6.07, 6.45) is -0.267. The zero-order valence-corrected chi connectivity index (χ0v) is 22.8. The summed E-state index contributed by atoms with van der Waals surface area (Å²) in [7, 11) is 1.97. The van der Waals surface area contributed by atoms with Crippen molar-refractivity contribution in [1.82, 2.24) is 14.8 Å². The summed E-state index contributed by atoms with van der Waals surface area (Å²) in [5.41, 5.74) is -0.270. The number of fused-ring (bicyclic) bond motifs is 2. The first-order valence-electron chi connectivity index (χ1n) is 13.6. The molecule has 0 aliphatic carbocycles. The van der Waals surface area contributed by atoms with Gasteiger partial charge in [-0.25, -0.2) is 0 Å².